The summed E-state index contributed by atoms with van der Waals surface area (Å²) in [6, 6.07) is 13.8. The Balaban J connectivity index is 1.62. The highest BCUT2D eigenvalue weighted by Crippen LogP contribution is 2.40. The summed E-state index contributed by atoms with van der Waals surface area (Å²) < 4.78 is 8.23. The molecule has 1 atom stereocenters. The summed E-state index contributed by atoms with van der Waals surface area (Å²) in [6.07, 6.45) is 3.66. The van der Waals surface area contributed by atoms with Gasteiger partial charge in [0.25, 0.3) is 0 Å². The number of primary amides is 1. The first-order valence-corrected chi connectivity index (χ1v) is 10.1. The second-order valence-corrected chi connectivity index (χ2v) is 7.99. The Morgan fingerprint density at radius 2 is 2.21 bits per heavy atom. The zero-order valence-corrected chi connectivity index (χ0v) is 16.1. The number of nitrogens with zero attached hydrogens (tertiary/aromatic N) is 3. The SMILES string of the molecule is N#Cc1cccc(-c2nc3cc(C[C@H](C(N)=O)C4CC4)cc4c3n2CCCO4)c1. The molecular weight excluding hydrogens is 364 g/mol. The number of carbonyl (C=O) groups is 1. The summed E-state index contributed by atoms with van der Waals surface area (Å²) in [7, 11) is 0. The number of hydrogen-bond donors (Lipinski definition) is 1. The fourth-order valence-corrected chi connectivity index (χ4v) is 4.34. The molecule has 2 aromatic carbocycles. The third kappa shape index (κ3) is 3.23. The van der Waals surface area contributed by atoms with Crippen molar-refractivity contribution in [3.05, 3.63) is 47.5 Å². The summed E-state index contributed by atoms with van der Waals surface area (Å²) in [4.78, 5) is 16.8. The second kappa shape index (κ2) is 6.93. The van der Waals surface area contributed by atoms with Crippen LogP contribution in [0.1, 0.15) is 30.4 Å². The summed E-state index contributed by atoms with van der Waals surface area (Å²) in [5.74, 6) is 1.71. The minimum Gasteiger partial charge on any atom is -0.491 e. The van der Waals surface area contributed by atoms with Gasteiger partial charge in [-0.2, -0.15) is 5.26 Å². The van der Waals surface area contributed by atoms with Crippen LogP contribution < -0.4 is 10.5 Å². The summed E-state index contributed by atoms with van der Waals surface area (Å²) in [5, 5.41) is 9.26. The predicted molar refractivity (Wildman–Crippen MR) is 109 cm³/mol. The number of aromatic nitrogens is 2. The molecule has 1 saturated carbocycles. The predicted octanol–water partition coefficient (Wildman–Crippen LogP) is 3.41. The van der Waals surface area contributed by atoms with E-state index >= 15 is 0 Å². The monoisotopic (exact) mass is 386 g/mol. The molecule has 1 aromatic heterocycles. The number of carbonyl (C=O) groups excluding carboxylic acids is 1. The largest absolute Gasteiger partial charge is 0.491 e. The molecule has 0 unspecified atom stereocenters. The molecular formula is C23H22N4O2. The van der Waals surface area contributed by atoms with Gasteiger partial charge < -0.3 is 15.0 Å². The van der Waals surface area contributed by atoms with E-state index in [2.05, 4.69) is 16.7 Å². The number of benzene rings is 2. The number of nitrogens with two attached hydrogens (primary N) is 1. The number of ether oxygens (including phenoxy) is 1. The van der Waals surface area contributed by atoms with Gasteiger partial charge in [0, 0.05) is 18.0 Å². The molecule has 6 heteroatoms. The average Bonchev–Trinajstić information content (AvgIpc) is 3.52. The van der Waals surface area contributed by atoms with Crippen LogP contribution in [0.15, 0.2) is 36.4 Å². The molecule has 0 spiro atoms. The molecule has 0 radical (unpaired) electrons. The number of amides is 1. The van der Waals surface area contributed by atoms with Gasteiger partial charge in [0.2, 0.25) is 5.91 Å². The standard InChI is InChI=1S/C23H22N4O2/c24-13-14-3-1-4-17(9-14)23-26-19-11-15(10-18(22(25)28)16-5-6-16)12-20-21(19)27(23)7-2-8-29-20/h1,3-4,9,11-12,16,18H,2,5-8,10H2,(H2,25,28)/t18-/m0/s1. The van der Waals surface area contributed by atoms with Gasteiger partial charge in [0.05, 0.1) is 23.8 Å². The quantitative estimate of drug-likeness (QED) is 0.727. The zero-order chi connectivity index (χ0) is 20.0. The third-order valence-corrected chi connectivity index (χ3v) is 5.91. The minimum atomic E-state index is -0.223. The number of hydrogen-bond acceptors (Lipinski definition) is 4. The molecule has 146 valence electrons. The fourth-order valence-electron chi connectivity index (χ4n) is 4.34. The third-order valence-electron chi connectivity index (χ3n) is 5.91. The van der Waals surface area contributed by atoms with Crippen LogP contribution in [-0.2, 0) is 17.8 Å². The molecule has 6 nitrogen and oxygen atoms in total. The first kappa shape index (κ1) is 17.7. The zero-order valence-electron chi connectivity index (χ0n) is 16.1. The van der Waals surface area contributed by atoms with Crippen molar-refractivity contribution >= 4 is 16.9 Å². The van der Waals surface area contributed by atoms with E-state index in [0.717, 1.165) is 59.5 Å². The van der Waals surface area contributed by atoms with Crippen LogP contribution in [0.25, 0.3) is 22.4 Å². The van der Waals surface area contributed by atoms with E-state index in [1.54, 1.807) is 6.07 Å². The Bertz CT molecular complexity index is 1150. The first-order valence-electron chi connectivity index (χ1n) is 10.1. The van der Waals surface area contributed by atoms with Gasteiger partial charge in [-0.3, -0.25) is 4.79 Å². The molecule has 1 amide bonds. The maximum absolute atomic E-state index is 11.9. The number of aryl methyl sites for hydroxylation is 1. The van der Waals surface area contributed by atoms with Crippen LogP contribution in [0.5, 0.6) is 5.75 Å². The van der Waals surface area contributed by atoms with Gasteiger partial charge in [-0.25, -0.2) is 4.98 Å². The van der Waals surface area contributed by atoms with Crippen LogP contribution in [0.2, 0.25) is 0 Å². The molecule has 0 saturated heterocycles. The topological polar surface area (TPSA) is 93.9 Å². The lowest BCUT2D eigenvalue weighted by Crippen LogP contribution is -2.26. The van der Waals surface area contributed by atoms with Crippen LogP contribution in [-0.4, -0.2) is 22.1 Å². The van der Waals surface area contributed by atoms with Gasteiger partial charge in [-0.1, -0.05) is 12.1 Å². The van der Waals surface area contributed by atoms with Gasteiger partial charge in [0.1, 0.15) is 17.1 Å². The molecule has 5 rings (SSSR count). The van der Waals surface area contributed by atoms with Crippen molar-refractivity contribution in [3.8, 4) is 23.2 Å². The molecule has 2 heterocycles. The summed E-state index contributed by atoms with van der Waals surface area (Å²) in [5.41, 5.74) is 10.1. The smallest absolute Gasteiger partial charge is 0.221 e. The van der Waals surface area contributed by atoms with Crippen molar-refractivity contribution in [3.63, 3.8) is 0 Å². The maximum Gasteiger partial charge on any atom is 0.221 e. The fraction of sp³-hybridized carbons (Fsp3) is 0.348. The Morgan fingerprint density at radius 3 is 2.97 bits per heavy atom. The van der Waals surface area contributed by atoms with Crippen molar-refractivity contribution < 1.29 is 9.53 Å². The molecule has 2 N–H and O–H groups in total. The maximum atomic E-state index is 11.9. The minimum absolute atomic E-state index is 0.126. The van der Waals surface area contributed by atoms with E-state index in [-0.39, 0.29) is 11.8 Å². The lowest BCUT2D eigenvalue weighted by Gasteiger charge is -2.13. The highest BCUT2D eigenvalue weighted by Gasteiger charge is 2.35. The molecule has 1 aliphatic heterocycles. The van der Waals surface area contributed by atoms with E-state index in [4.69, 9.17) is 15.5 Å². The highest BCUT2D eigenvalue weighted by atomic mass is 16.5. The lowest BCUT2D eigenvalue weighted by atomic mass is 9.94. The van der Waals surface area contributed by atoms with E-state index in [0.29, 0.717) is 24.5 Å². The Labute approximate surface area is 168 Å². The molecule has 2 aliphatic rings. The Hall–Kier alpha value is -3.33. The lowest BCUT2D eigenvalue weighted by molar-refractivity contribution is -0.122. The number of imidazole rings is 1. The van der Waals surface area contributed by atoms with Crippen molar-refractivity contribution in [1.29, 1.82) is 5.26 Å². The normalized spacial score (nSPS) is 16.7. The number of rotatable bonds is 5. The molecule has 1 fully saturated rings. The van der Waals surface area contributed by atoms with E-state index in [9.17, 15) is 10.1 Å². The van der Waals surface area contributed by atoms with Gasteiger partial charge in [-0.05, 0) is 61.4 Å². The molecule has 29 heavy (non-hydrogen) atoms. The average molecular weight is 386 g/mol. The van der Waals surface area contributed by atoms with Gasteiger partial charge in [0.15, 0.2) is 0 Å². The van der Waals surface area contributed by atoms with Crippen molar-refractivity contribution in [2.24, 2.45) is 17.6 Å². The second-order valence-electron chi connectivity index (χ2n) is 7.99. The van der Waals surface area contributed by atoms with Crippen molar-refractivity contribution in [1.82, 2.24) is 9.55 Å². The molecule has 0 bridgehead atoms. The van der Waals surface area contributed by atoms with E-state index in [1.807, 2.05) is 24.3 Å². The van der Waals surface area contributed by atoms with Crippen LogP contribution in [0, 0.1) is 23.2 Å². The molecule has 3 aromatic rings. The van der Waals surface area contributed by atoms with E-state index in [1.165, 1.54) is 0 Å². The summed E-state index contributed by atoms with van der Waals surface area (Å²) >= 11 is 0. The molecule has 1 aliphatic carbocycles. The number of nitriles is 1. The van der Waals surface area contributed by atoms with Crippen LogP contribution in [0.4, 0.5) is 0 Å². The van der Waals surface area contributed by atoms with Crippen LogP contribution >= 0.6 is 0 Å². The Kier molecular flexibility index (Phi) is 4.24. The van der Waals surface area contributed by atoms with Gasteiger partial charge in [-0.15, -0.1) is 0 Å². The highest BCUT2D eigenvalue weighted by molar-refractivity contribution is 5.87. The Morgan fingerprint density at radius 1 is 1.34 bits per heavy atom. The summed E-state index contributed by atoms with van der Waals surface area (Å²) in [6.45, 7) is 1.45. The van der Waals surface area contributed by atoms with Crippen molar-refractivity contribution in [2.75, 3.05) is 6.61 Å². The van der Waals surface area contributed by atoms with E-state index < -0.39 is 0 Å². The van der Waals surface area contributed by atoms with Gasteiger partial charge >= 0.3 is 0 Å². The first-order chi connectivity index (χ1) is 14.1. The van der Waals surface area contributed by atoms with Crippen LogP contribution in [0.3, 0.4) is 0 Å². The van der Waals surface area contributed by atoms with Crippen molar-refractivity contribution in [2.45, 2.75) is 32.2 Å².